The fourth-order valence-corrected chi connectivity index (χ4v) is 13.2. The molecule has 1 atom stereocenters. The average Bonchev–Trinajstić information content (AvgIpc) is 3.86. The van der Waals surface area contributed by atoms with Gasteiger partial charge in [-0.2, -0.15) is 0 Å². The summed E-state index contributed by atoms with van der Waals surface area (Å²) in [7, 11) is 0. The number of hydrogen-bond acceptors (Lipinski definition) is 1. The normalized spacial score (nSPS) is 16.4. The Morgan fingerprint density at radius 3 is 1.65 bits per heavy atom. The number of nitrogens with zero attached hydrogens (tertiary/aromatic N) is 2. The first-order valence-corrected chi connectivity index (χ1v) is 24.4. The van der Waals surface area contributed by atoms with Gasteiger partial charge in [-0.3, -0.25) is 0 Å². The van der Waals surface area contributed by atoms with Crippen molar-refractivity contribution in [3.05, 3.63) is 275 Å². The highest BCUT2D eigenvalue weighted by Gasteiger charge is 2.53. The lowest BCUT2D eigenvalue weighted by Gasteiger charge is -2.50. The van der Waals surface area contributed by atoms with Gasteiger partial charge < -0.3 is 9.47 Å². The minimum absolute atomic E-state index is 0.120. The first-order chi connectivity index (χ1) is 33.8. The van der Waals surface area contributed by atoms with Crippen LogP contribution < -0.4 is 4.90 Å². The number of para-hydroxylation sites is 3. The van der Waals surface area contributed by atoms with Crippen LogP contribution in [0.1, 0.15) is 72.2 Å². The van der Waals surface area contributed by atoms with E-state index in [2.05, 4.69) is 268 Å². The summed E-state index contributed by atoms with van der Waals surface area (Å²) < 4.78 is 2.53. The van der Waals surface area contributed by atoms with E-state index in [1.807, 2.05) is 0 Å². The van der Waals surface area contributed by atoms with Gasteiger partial charge in [-0.15, -0.1) is 0 Å². The molecule has 1 aromatic heterocycles. The van der Waals surface area contributed by atoms with Crippen LogP contribution in [0, 0.1) is 0 Å². The number of aromatic nitrogens is 1. The molecule has 2 heteroatoms. The van der Waals surface area contributed by atoms with Crippen LogP contribution in [-0.2, 0) is 16.2 Å². The first kappa shape index (κ1) is 39.9. The molecule has 69 heavy (non-hydrogen) atoms. The van der Waals surface area contributed by atoms with E-state index in [4.69, 9.17) is 0 Å². The molecule has 10 aromatic carbocycles. The summed E-state index contributed by atoms with van der Waals surface area (Å²) in [5.74, 6) is 0. The van der Waals surface area contributed by atoms with Gasteiger partial charge in [0, 0.05) is 38.7 Å². The molecular weight excluding hydrogens is 833 g/mol. The van der Waals surface area contributed by atoms with Gasteiger partial charge in [0.05, 0.1) is 22.1 Å². The molecule has 0 radical (unpaired) electrons. The molecule has 2 nitrogen and oxygen atoms in total. The molecule has 328 valence electrons. The first-order valence-electron chi connectivity index (χ1n) is 24.4. The molecule has 1 aliphatic heterocycles. The molecule has 0 bridgehead atoms. The number of benzene rings is 10. The minimum Gasteiger partial charge on any atom is -0.310 e. The molecule has 0 amide bonds. The van der Waals surface area contributed by atoms with Crippen LogP contribution in [0.25, 0.3) is 60.9 Å². The summed E-state index contributed by atoms with van der Waals surface area (Å²) in [6.07, 6.45) is 0. The van der Waals surface area contributed by atoms with Gasteiger partial charge in [-0.05, 0) is 126 Å². The zero-order chi connectivity index (χ0) is 46.2. The number of hydrogen-bond donors (Lipinski definition) is 0. The standard InChI is InChI=1S/C67H50N2/c1-65(2)54-24-10-8-20-50(54)51-41-40-48(42-60(51)65)68(46-36-32-44(33-37-46)43-18-6-5-7-19-43)47-38-34-45(35-39-47)49-22-16-28-58-63(49)66(3,4)55-25-11-12-26-56(55)67(58)57-27-13-15-31-62(57)69-61-30-14-9-21-52(61)53-23-17-29-59(67)64(53)69/h5-42H,1-4H3. The van der Waals surface area contributed by atoms with Gasteiger partial charge >= 0.3 is 0 Å². The van der Waals surface area contributed by atoms with Crippen molar-refractivity contribution in [3.8, 4) is 39.1 Å². The van der Waals surface area contributed by atoms with Crippen molar-refractivity contribution >= 4 is 38.9 Å². The van der Waals surface area contributed by atoms with Crippen molar-refractivity contribution in [2.75, 3.05) is 4.90 Å². The fraction of sp³-hybridized carbons (Fsp3) is 0.104. The lowest BCUT2D eigenvalue weighted by molar-refractivity contribution is 0.558. The van der Waals surface area contributed by atoms with Crippen LogP contribution in [0.4, 0.5) is 17.1 Å². The maximum absolute atomic E-state index is 2.53. The molecule has 2 heterocycles. The molecule has 1 spiro atoms. The second kappa shape index (κ2) is 14.4. The van der Waals surface area contributed by atoms with E-state index in [1.54, 1.807) is 0 Å². The van der Waals surface area contributed by atoms with Crippen molar-refractivity contribution in [3.63, 3.8) is 0 Å². The maximum Gasteiger partial charge on any atom is 0.0748 e. The van der Waals surface area contributed by atoms with E-state index in [1.165, 1.54) is 105 Å². The molecule has 3 aliphatic rings. The van der Waals surface area contributed by atoms with Crippen LogP contribution in [-0.4, -0.2) is 4.57 Å². The van der Waals surface area contributed by atoms with E-state index < -0.39 is 5.41 Å². The van der Waals surface area contributed by atoms with Crippen molar-refractivity contribution in [2.45, 2.75) is 43.9 Å². The zero-order valence-corrected chi connectivity index (χ0v) is 39.3. The fourth-order valence-electron chi connectivity index (χ4n) is 13.2. The van der Waals surface area contributed by atoms with Gasteiger partial charge in [0.15, 0.2) is 0 Å². The summed E-state index contributed by atoms with van der Waals surface area (Å²) in [6.45, 7) is 9.62. The van der Waals surface area contributed by atoms with E-state index >= 15 is 0 Å². The Morgan fingerprint density at radius 1 is 0.333 bits per heavy atom. The molecule has 0 saturated heterocycles. The quantitative estimate of drug-likeness (QED) is 0.167. The highest BCUT2D eigenvalue weighted by molar-refractivity contribution is 6.12. The van der Waals surface area contributed by atoms with Gasteiger partial charge in [0.25, 0.3) is 0 Å². The number of rotatable bonds is 5. The Balaban J connectivity index is 0.963. The largest absolute Gasteiger partial charge is 0.310 e. The Labute approximate surface area is 404 Å². The van der Waals surface area contributed by atoms with Gasteiger partial charge in [0.1, 0.15) is 0 Å². The molecule has 0 fully saturated rings. The van der Waals surface area contributed by atoms with Crippen LogP contribution >= 0.6 is 0 Å². The highest BCUT2D eigenvalue weighted by Crippen LogP contribution is 2.62. The number of fused-ring (bicyclic) bond motifs is 14. The molecule has 0 N–H and O–H groups in total. The van der Waals surface area contributed by atoms with Gasteiger partial charge in [-0.25, -0.2) is 0 Å². The molecular formula is C67H50N2. The van der Waals surface area contributed by atoms with Gasteiger partial charge in [0.2, 0.25) is 0 Å². The topological polar surface area (TPSA) is 8.17 Å². The van der Waals surface area contributed by atoms with Crippen molar-refractivity contribution in [2.24, 2.45) is 0 Å². The molecule has 0 saturated carbocycles. The average molecular weight is 883 g/mol. The summed E-state index contributed by atoms with van der Waals surface area (Å²) in [4.78, 5) is 2.44. The summed E-state index contributed by atoms with van der Waals surface area (Å²) >= 11 is 0. The molecule has 11 aromatic rings. The third kappa shape index (κ3) is 5.37. The SMILES string of the molecule is CC1(C)c2ccccc2-c2ccc(N(c3ccc(-c4ccccc4)cc3)c3ccc(-c4cccc5c4C(C)(C)c4ccccc4C54c5ccccc5-n5c6ccccc6c6cccc4c65)cc3)cc21. The Morgan fingerprint density at radius 2 is 0.870 bits per heavy atom. The van der Waals surface area contributed by atoms with E-state index in [-0.39, 0.29) is 10.8 Å². The summed E-state index contributed by atoms with van der Waals surface area (Å²) in [5, 5.41) is 2.58. The maximum atomic E-state index is 2.53. The third-order valence-electron chi connectivity index (χ3n) is 16.2. The van der Waals surface area contributed by atoms with Crippen molar-refractivity contribution < 1.29 is 0 Å². The Bertz CT molecular complexity index is 3890. The Hall–Kier alpha value is -8.20. The minimum atomic E-state index is -0.554. The zero-order valence-electron chi connectivity index (χ0n) is 39.3. The number of anilines is 3. The molecule has 2 aliphatic carbocycles. The van der Waals surface area contributed by atoms with Gasteiger partial charge in [-0.1, -0.05) is 210 Å². The van der Waals surface area contributed by atoms with Crippen LogP contribution in [0.2, 0.25) is 0 Å². The highest BCUT2D eigenvalue weighted by atomic mass is 15.1. The molecule has 1 unspecified atom stereocenters. The monoisotopic (exact) mass is 882 g/mol. The predicted octanol–water partition coefficient (Wildman–Crippen LogP) is 17.2. The van der Waals surface area contributed by atoms with Crippen LogP contribution in [0.5, 0.6) is 0 Å². The Kier molecular flexibility index (Phi) is 8.33. The molecule has 14 rings (SSSR count). The lowest BCUT2D eigenvalue weighted by atomic mass is 9.52. The summed E-state index contributed by atoms with van der Waals surface area (Å²) in [6, 6.07) is 86.7. The van der Waals surface area contributed by atoms with E-state index in [0.29, 0.717) is 0 Å². The second-order valence-corrected chi connectivity index (χ2v) is 20.4. The predicted molar refractivity (Wildman–Crippen MR) is 288 cm³/mol. The van der Waals surface area contributed by atoms with Crippen molar-refractivity contribution in [1.29, 1.82) is 0 Å². The van der Waals surface area contributed by atoms with Crippen molar-refractivity contribution in [1.82, 2.24) is 4.57 Å². The third-order valence-corrected chi connectivity index (χ3v) is 16.2. The van der Waals surface area contributed by atoms with E-state index in [9.17, 15) is 0 Å². The van der Waals surface area contributed by atoms with E-state index in [0.717, 1.165) is 17.1 Å². The lowest BCUT2D eigenvalue weighted by Crippen LogP contribution is -2.44. The second-order valence-electron chi connectivity index (χ2n) is 20.4. The summed E-state index contributed by atoms with van der Waals surface area (Å²) in [5.41, 5.74) is 24.6. The van der Waals surface area contributed by atoms with Crippen LogP contribution in [0.15, 0.2) is 231 Å². The van der Waals surface area contributed by atoms with Crippen LogP contribution in [0.3, 0.4) is 0 Å². The smallest absolute Gasteiger partial charge is 0.0748 e.